The average Bonchev–Trinajstić information content (AvgIpc) is 2.68. The van der Waals surface area contributed by atoms with Crippen molar-refractivity contribution in [2.24, 2.45) is 0 Å². The lowest BCUT2D eigenvalue weighted by Crippen LogP contribution is -2.12. The third-order valence-corrected chi connectivity index (χ3v) is 2.38. The average molecular weight is 198 g/mol. The van der Waals surface area contributed by atoms with Crippen molar-refractivity contribution in [1.82, 2.24) is 10.3 Å². The highest BCUT2D eigenvalue weighted by atomic mass is 14.8. The zero-order chi connectivity index (χ0) is 10.5. The van der Waals surface area contributed by atoms with E-state index in [4.69, 9.17) is 0 Å². The van der Waals surface area contributed by atoms with Gasteiger partial charge in [0.05, 0.1) is 6.54 Å². The van der Waals surface area contributed by atoms with Crippen LogP contribution in [0.4, 0.5) is 0 Å². The molecular weight excluding hydrogens is 184 g/mol. The van der Waals surface area contributed by atoms with Crippen LogP contribution in [-0.2, 0) is 6.54 Å². The fourth-order valence-electron chi connectivity index (χ4n) is 1.63. The molecule has 0 saturated heterocycles. The van der Waals surface area contributed by atoms with Crippen molar-refractivity contribution in [2.45, 2.75) is 13.5 Å². The van der Waals surface area contributed by atoms with E-state index in [0.717, 1.165) is 13.1 Å². The van der Waals surface area contributed by atoms with Crippen molar-refractivity contribution in [1.29, 1.82) is 0 Å². The highest BCUT2D eigenvalue weighted by Gasteiger charge is 2.00. The van der Waals surface area contributed by atoms with Crippen LogP contribution >= 0.6 is 0 Å². The lowest BCUT2D eigenvalue weighted by atomic mass is 10.2. The second-order valence-corrected chi connectivity index (χ2v) is 3.39. The molecule has 2 aromatic rings. The molecule has 1 heterocycles. The fraction of sp³-hybridized carbons (Fsp3) is 0.231. The minimum atomic E-state index is 0.746. The summed E-state index contributed by atoms with van der Waals surface area (Å²) in [6.07, 6.45) is 2.05. The van der Waals surface area contributed by atoms with Gasteiger partial charge in [0.15, 0.2) is 0 Å². The number of H-pyrrole nitrogens is 1. The number of aromatic nitrogens is 1. The first-order valence-electron chi connectivity index (χ1n) is 5.07. The molecule has 0 aliphatic rings. The first-order chi connectivity index (χ1) is 7.42. The Kier molecular flexibility index (Phi) is 3.06. The molecule has 2 N–H and O–H groups in total. The van der Waals surface area contributed by atoms with Gasteiger partial charge in [-0.2, -0.15) is 0 Å². The number of hydrogen-bond acceptors (Lipinski definition) is 1. The summed E-state index contributed by atoms with van der Waals surface area (Å²) in [5.41, 5.74) is 2.49. The normalized spacial score (nSPS) is 9.93. The third-order valence-electron chi connectivity index (χ3n) is 2.38. The summed E-state index contributed by atoms with van der Waals surface area (Å²) in [6.45, 7) is 3.46. The van der Waals surface area contributed by atoms with E-state index in [2.05, 4.69) is 46.5 Å². The first-order valence-corrected chi connectivity index (χ1v) is 5.07. The second-order valence-electron chi connectivity index (χ2n) is 3.39. The number of para-hydroxylation sites is 1. The quantitative estimate of drug-likeness (QED) is 0.574. The Bertz CT molecular complexity index is 500. The smallest absolute Gasteiger partial charge is 0.0579 e. The van der Waals surface area contributed by atoms with Gasteiger partial charge >= 0.3 is 0 Å². The van der Waals surface area contributed by atoms with Gasteiger partial charge in [-0.25, -0.2) is 0 Å². The van der Waals surface area contributed by atoms with Gasteiger partial charge in [-0.3, -0.25) is 0 Å². The van der Waals surface area contributed by atoms with Crippen LogP contribution in [0.3, 0.4) is 0 Å². The van der Waals surface area contributed by atoms with Gasteiger partial charge < -0.3 is 10.3 Å². The predicted octanol–water partition coefficient (Wildman–Crippen LogP) is 2.28. The summed E-state index contributed by atoms with van der Waals surface area (Å²) in [7, 11) is 0. The molecule has 0 bridgehead atoms. The van der Waals surface area contributed by atoms with E-state index in [1.54, 1.807) is 0 Å². The number of fused-ring (bicyclic) bond motifs is 1. The van der Waals surface area contributed by atoms with E-state index in [0.29, 0.717) is 0 Å². The number of aromatic amines is 1. The number of benzene rings is 1. The van der Waals surface area contributed by atoms with Crippen LogP contribution in [0.15, 0.2) is 30.5 Å². The Labute approximate surface area is 89.7 Å². The summed E-state index contributed by atoms with van der Waals surface area (Å²) in [6, 6.07) is 8.32. The van der Waals surface area contributed by atoms with Gasteiger partial charge in [0.1, 0.15) is 0 Å². The highest BCUT2D eigenvalue weighted by molar-refractivity contribution is 5.82. The third kappa shape index (κ3) is 2.20. The van der Waals surface area contributed by atoms with E-state index in [9.17, 15) is 0 Å². The minimum absolute atomic E-state index is 0.746. The maximum Gasteiger partial charge on any atom is 0.0579 e. The minimum Gasteiger partial charge on any atom is -0.361 e. The summed E-state index contributed by atoms with van der Waals surface area (Å²) in [4.78, 5) is 3.25. The molecule has 2 heteroatoms. The molecule has 2 nitrogen and oxygen atoms in total. The topological polar surface area (TPSA) is 27.8 Å². The van der Waals surface area contributed by atoms with Crippen molar-refractivity contribution in [2.75, 3.05) is 6.54 Å². The summed E-state index contributed by atoms with van der Waals surface area (Å²) in [5.74, 6) is 5.85. The molecule has 76 valence electrons. The van der Waals surface area contributed by atoms with E-state index in [1.165, 1.54) is 16.5 Å². The van der Waals surface area contributed by atoms with Gasteiger partial charge in [-0.1, -0.05) is 24.1 Å². The number of rotatable bonds is 3. The number of nitrogens with one attached hydrogen (secondary N) is 2. The molecule has 15 heavy (non-hydrogen) atoms. The van der Waals surface area contributed by atoms with Crippen molar-refractivity contribution in [3.8, 4) is 11.8 Å². The molecule has 0 saturated carbocycles. The summed E-state index contributed by atoms with van der Waals surface area (Å²) >= 11 is 0. The fourth-order valence-corrected chi connectivity index (χ4v) is 1.63. The van der Waals surface area contributed by atoms with Crippen LogP contribution in [0.2, 0.25) is 0 Å². The zero-order valence-electron chi connectivity index (χ0n) is 8.80. The Morgan fingerprint density at radius 1 is 1.33 bits per heavy atom. The molecule has 0 radical (unpaired) electrons. The van der Waals surface area contributed by atoms with E-state index in [-0.39, 0.29) is 0 Å². The lowest BCUT2D eigenvalue weighted by Gasteiger charge is -1.98. The first kappa shape index (κ1) is 9.82. The SMILES string of the molecule is CC#CCNCc1c[nH]c2ccccc12. The lowest BCUT2D eigenvalue weighted by molar-refractivity contribution is 0.774. The van der Waals surface area contributed by atoms with Crippen LogP contribution in [0.1, 0.15) is 12.5 Å². The van der Waals surface area contributed by atoms with Crippen molar-refractivity contribution >= 4 is 10.9 Å². The molecule has 0 unspecified atom stereocenters. The maximum absolute atomic E-state index is 3.29. The zero-order valence-corrected chi connectivity index (χ0v) is 8.80. The van der Waals surface area contributed by atoms with Crippen LogP contribution in [0.5, 0.6) is 0 Å². The molecule has 0 aliphatic heterocycles. The Balaban J connectivity index is 2.10. The summed E-state index contributed by atoms with van der Waals surface area (Å²) < 4.78 is 0. The van der Waals surface area contributed by atoms with Gasteiger partial charge in [-0.15, -0.1) is 5.92 Å². The molecule has 1 aromatic heterocycles. The molecule has 1 aromatic carbocycles. The van der Waals surface area contributed by atoms with Gasteiger partial charge in [0, 0.05) is 23.6 Å². The van der Waals surface area contributed by atoms with E-state index >= 15 is 0 Å². The van der Waals surface area contributed by atoms with Crippen LogP contribution in [-0.4, -0.2) is 11.5 Å². The van der Waals surface area contributed by atoms with Gasteiger partial charge in [0.25, 0.3) is 0 Å². The largest absolute Gasteiger partial charge is 0.361 e. The Morgan fingerprint density at radius 2 is 2.20 bits per heavy atom. The monoisotopic (exact) mass is 198 g/mol. The van der Waals surface area contributed by atoms with Crippen LogP contribution in [0.25, 0.3) is 10.9 Å². The van der Waals surface area contributed by atoms with Crippen molar-refractivity contribution in [3.63, 3.8) is 0 Å². The standard InChI is InChI=1S/C13H14N2/c1-2-3-8-14-9-11-10-15-13-7-5-4-6-12(11)13/h4-7,10,14-15H,8-9H2,1H3. The summed E-state index contributed by atoms with van der Waals surface area (Å²) in [5, 5.41) is 4.57. The van der Waals surface area contributed by atoms with Gasteiger partial charge in [-0.05, 0) is 18.6 Å². The van der Waals surface area contributed by atoms with E-state index in [1.807, 2.05) is 13.0 Å². The molecule has 0 atom stereocenters. The highest BCUT2D eigenvalue weighted by Crippen LogP contribution is 2.16. The van der Waals surface area contributed by atoms with Crippen LogP contribution in [0, 0.1) is 11.8 Å². The molecule has 0 spiro atoms. The van der Waals surface area contributed by atoms with Crippen molar-refractivity contribution in [3.05, 3.63) is 36.0 Å². The Hall–Kier alpha value is -1.72. The molecule has 0 amide bonds. The number of hydrogen-bond donors (Lipinski definition) is 2. The van der Waals surface area contributed by atoms with Crippen molar-refractivity contribution < 1.29 is 0 Å². The molecule has 2 rings (SSSR count). The molecule has 0 fully saturated rings. The van der Waals surface area contributed by atoms with Gasteiger partial charge in [0.2, 0.25) is 0 Å². The second kappa shape index (κ2) is 4.68. The molecule has 0 aliphatic carbocycles. The molecular formula is C13H14N2. The van der Waals surface area contributed by atoms with E-state index < -0.39 is 0 Å². The van der Waals surface area contributed by atoms with Crippen LogP contribution < -0.4 is 5.32 Å². The Morgan fingerprint density at radius 3 is 3.07 bits per heavy atom. The maximum atomic E-state index is 3.29. The predicted molar refractivity (Wildman–Crippen MR) is 63.5 cm³/mol.